The Morgan fingerprint density at radius 2 is 0.859 bits per heavy atom. The Labute approximate surface area is 374 Å². The van der Waals surface area contributed by atoms with Gasteiger partial charge in [0.15, 0.2) is 23.2 Å². The van der Waals surface area contributed by atoms with E-state index < -0.39 is 5.41 Å². The first-order valence-corrected chi connectivity index (χ1v) is 22.3. The monoisotopic (exact) mass is 830 g/mol. The van der Waals surface area contributed by atoms with Crippen LogP contribution in [0, 0.1) is 6.57 Å². The molecule has 9 aromatic carbocycles. The summed E-state index contributed by atoms with van der Waals surface area (Å²) in [5, 5.41) is 2.17. The molecule has 296 valence electrons. The van der Waals surface area contributed by atoms with Crippen molar-refractivity contribution in [3.8, 4) is 78.7 Å². The zero-order chi connectivity index (χ0) is 42.4. The number of benzene rings is 9. The van der Waals surface area contributed by atoms with E-state index in [2.05, 4.69) is 163 Å². The molecule has 4 nitrogen and oxygen atoms in total. The molecule has 0 saturated carbocycles. The van der Waals surface area contributed by atoms with E-state index in [4.69, 9.17) is 21.5 Å². The molecular weight excluding hydrogens is 797 g/mol. The van der Waals surface area contributed by atoms with Crippen molar-refractivity contribution in [1.29, 1.82) is 0 Å². The maximum Gasteiger partial charge on any atom is 0.187 e. The highest BCUT2D eigenvalue weighted by Gasteiger charge is 2.52. The number of rotatable bonds is 5. The number of fused-ring (bicyclic) bond motifs is 13. The summed E-state index contributed by atoms with van der Waals surface area (Å²) in [5.41, 5.74) is 18.3. The van der Waals surface area contributed by atoms with E-state index in [1.165, 1.54) is 55.6 Å². The normalized spacial score (nSPS) is 12.8. The molecule has 0 aliphatic heterocycles. The van der Waals surface area contributed by atoms with Gasteiger partial charge in [-0.3, -0.25) is 0 Å². The minimum absolute atomic E-state index is 0.410. The van der Waals surface area contributed by atoms with Gasteiger partial charge in [-0.15, -0.1) is 11.3 Å². The lowest BCUT2D eigenvalue weighted by molar-refractivity contribution is 0.796. The van der Waals surface area contributed by atoms with Crippen molar-refractivity contribution >= 4 is 37.2 Å². The second kappa shape index (κ2) is 14.1. The Hall–Kier alpha value is -8.30. The van der Waals surface area contributed by atoms with Crippen molar-refractivity contribution in [2.75, 3.05) is 0 Å². The van der Waals surface area contributed by atoms with Gasteiger partial charge in [0.1, 0.15) is 0 Å². The first-order chi connectivity index (χ1) is 31.7. The smallest absolute Gasteiger partial charge is 0.187 e. The van der Waals surface area contributed by atoms with Gasteiger partial charge in [0, 0.05) is 26.1 Å². The first kappa shape index (κ1) is 36.4. The number of aromatic nitrogens is 3. The SMILES string of the molecule is [C-]#[N+]c1ccc2sc3c(-c4nc(-c5ccccc5)nc(-c5ccc(-c6ccc(-c7cccc8c7C7(c9ccccc9-c9ccccc97)c7ccccc7-8)cc6)cc5)n4)cccc3c2c1. The molecule has 0 amide bonds. The van der Waals surface area contributed by atoms with Crippen LogP contribution in [0.3, 0.4) is 0 Å². The molecule has 0 unspecified atom stereocenters. The third kappa shape index (κ3) is 5.30. The second-order valence-electron chi connectivity index (χ2n) is 16.5. The Bertz CT molecular complexity index is 3670. The third-order valence-corrected chi connectivity index (χ3v) is 14.4. The number of hydrogen-bond donors (Lipinski definition) is 0. The van der Waals surface area contributed by atoms with Gasteiger partial charge in [-0.1, -0.05) is 194 Å². The van der Waals surface area contributed by atoms with Gasteiger partial charge in [-0.05, 0) is 89.7 Å². The summed E-state index contributed by atoms with van der Waals surface area (Å²) in [4.78, 5) is 18.9. The predicted octanol–water partition coefficient (Wildman–Crippen LogP) is 15.5. The molecule has 0 saturated heterocycles. The zero-order valence-electron chi connectivity index (χ0n) is 34.3. The molecule has 0 atom stereocenters. The minimum atomic E-state index is -0.410. The second-order valence-corrected chi connectivity index (χ2v) is 17.6. The fourth-order valence-electron chi connectivity index (χ4n) is 10.4. The summed E-state index contributed by atoms with van der Waals surface area (Å²) in [6.45, 7) is 7.58. The zero-order valence-corrected chi connectivity index (χ0v) is 35.1. The topological polar surface area (TPSA) is 43.0 Å². The van der Waals surface area contributed by atoms with Gasteiger partial charge in [0.25, 0.3) is 0 Å². The van der Waals surface area contributed by atoms with Gasteiger partial charge in [-0.2, -0.15) is 0 Å². The average Bonchev–Trinajstić information content (AvgIpc) is 4.00. The van der Waals surface area contributed by atoms with Gasteiger partial charge in [0.2, 0.25) is 0 Å². The standard InChI is InChI=1S/C59H34N4S/c1-60-41-33-34-53-49(35-41)47-20-12-21-48(55(47)64-53)58-62-56(39-13-3-2-4-14-39)61-57(63-58)40-31-27-37(28-32-40)36-25-29-38(30-26-36)42-18-11-19-46-45-17-7-10-24-52(45)59(54(42)46)50-22-8-5-15-43(50)44-16-6-9-23-51(44)59/h2-35H. The van der Waals surface area contributed by atoms with Crippen LogP contribution in [-0.2, 0) is 5.41 Å². The molecule has 0 bridgehead atoms. The van der Waals surface area contributed by atoms with E-state index in [9.17, 15) is 0 Å². The third-order valence-electron chi connectivity index (χ3n) is 13.2. The van der Waals surface area contributed by atoms with E-state index in [0.29, 0.717) is 23.2 Å². The van der Waals surface area contributed by atoms with Gasteiger partial charge >= 0.3 is 0 Å². The molecule has 0 N–H and O–H groups in total. The Balaban J connectivity index is 0.886. The van der Waals surface area contributed by atoms with E-state index in [-0.39, 0.29) is 0 Å². The van der Waals surface area contributed by atoms with Crippen molar-refractivity contribution in [3.63, 3.8) is 0 Å². The molecule has 5 heteroatoms. The van der Waals surface area contributed by atoms with Crippen LogP contribution in [0.1, 0.15) is 22.3 Å². The molecule has 2 aromatic heterocycles. The van der Waals surface area contributed by atoms with Crippen molar-refractivity contribution in [1.82, 2.24) is 15.0 Å². The highest BCUT2D eigenvalue weighted by Crippen LogP contribution is 2.64. The summed E-state index contributed by atoms with van der Waals surface area (Å²) in [7, 11) is 0. The summed E-state index contributed by atoms with van der Waals surface area (Å²) in [6.07, 6.45) is 0. The summed E-state index contributed by atoms with van der Waals surface area (Å²) in [6, 6.07) is 73.6. The van der Waals surface area contributed by atoms with E-state index in [1.54, 1.807) is 11.3 Å². The van der Waals surface area contributed by atoms with E-state index in [0.717, 1.165) is 48.0 Å². The van der Waals surface area contributed by atoms with Gasteiger partial charge < -0.3 is 0 Å². The van der Waals surface area contributed by atoms with Crippen LogP contribution >= 0.6 is 11.3 Å². The van der Waals surface area contributed by atoms with E-state index in [1.807, 2.05) is 48.5 Å². The van der Waals surface area contributed by atoms with Crippen LogP contribution in [0.5, 0.6) is 0 Å². The largest absolute Gasteiger partial charge is 0.238 e. The molecule has 64 heavy (non-hydrogen) atoms. The minimum Gasteiger partial charge on any atom is -0.238 e. The molecule has 0 fully saturated rings. The summed E-state index contributed by atoms with van der Waals surface area (Å²) < 4.78 is 2.22. The molecule has 2 aliphatic rings. The molecule has 2 aliphatic carbocycles. The lowest BCUT2D eigenvalue weighted by Crippen LogP contribution is -2.26. The molecular formula is C59H34N4S. The quantitative estimate of drug-likeness (QED) is 0.162. The summed E-state index contributed by atoms with van der Waals surface area (Å²) >= 11 is 1.70. The lowest BCUT2D eigenvalue weighted by atomic mass is 9.68. The number of hydrogen-bond acceptors (Lipinski definition) is 4. The summed E-state index contributed by atoms with van der Waals surface area (Å²) in [5.74, 6) is 1.85. The molecule has 11 aromatic rings. The fraction of sp³-hybridized carbons (Fsp3) is 0.0169. The molecule has 13 rings (SSSR count). The Kier molecular flexibility index (Phi) is 8.02. The Morgan fingerprint density at radius 3 is 1.50 bits per heavy atom. The average molecular weight is 831 g/mol. The Morgan fingerprint density at radius 1 is 0.375 bits per heavy atom. The van der Waals surface area contributed by atoms with Crippen molar-refractivity contribution < 1.29 is 0 Å². The van der Waals surface area contributed by atoms with Crippen molar-refractivity contribution in [2.45, 2.75) is 5.41 Å². The molecule has 2 heterocycles. The van der Waals surface area contributed by atoms with Crippen LogP contribution in [0.4, 0.5) is 5.69 Å². The van der Waals surface area contributed by atoms with Crippen LogP contribution in [-0.4, -0.2) is 15.0 Å². The van der Waals surface area contributed by atoms with Crippen LogP contribution in [0.2, 0.25) is 0 Å². The van der Waals surface area contributed by atoms with Gasteiger partial charge in [0.05, 0.1) is 12.0 Å². The van der Waals surface area contributed by atoms with Crippen LogP contribution in [0.15, 0.2) is 206 Å². The van der Waals surface area contributed by atoms with Crippen LogP contribution in [0.25, 0.3) is 104 Å². The number of thiophene rings is 1. The maximum absolute atomic E-state index is 7.58. The van der Waals surface area contributed by atoms with Crippen molar-refractivity contribution in [3.05, 3.63) is 240 Å². The maximum atomic E-state index is 7.58. The van der Waals surface area contributed by atoms with E-state index >= 15 is 0 Å². The van der Waals surface area contributed by atoms with Crippen LogP contribution < -0.4 is 0 Å². The van der Waals surface area contributed by atoms with Gasteiger partial charge in [-0.25, -0.2) is 19.8 Å². The molecule has 0 radical (unpaired) electrons. The fourth-order valence-corrected chi connectivity index (χ4v) is 11.6. The molecule has 1 spiro atoms. The lowest BCUT2D eigenvalue weighted by Gasteiger charge is -2.32. The predicted molar refractivity (Wildman–Crippen MR) is 262 cm³/mol. The highest BCUT2D eigenvalue weighted by molar-refractivity contribution is 7.26. The van der Waals surface area contributed by atoms with Crippen molar-refractivity contribution in [2.24, 2.45) is 0 Å². The highest BCUT2D eigenvalue weighted by atomic mass is 32.1. The number of nitrogens with zero attached hydrogens (tertiary/aromatic N) is 4. The first-order valence-electron chi connectivity index (χ1n) is 21.5.